The first-order chi connectivity index (χ1) is 14.9. The van der Waals surface area contributed by atoms with Crippen LogP contribution < -0.4 is 20.7 Å². The lowest BCUT2D eigenvalue weighted by Crippen LogP contribution is -2.52. The molecule has 1 spiro atoms. The fourth-order valence-corrected chi connectivity index (χ4v) is 5.44. The lowest BCUT2D eigenvalue weighted by Gasteiger charge is -2.29. The van der Waals surface area contributed by atoms with Crippen LogP contribution in [0.3, 0.4) is 0 Å². The number of amides is 2. The molecule has 8 heteroatoms. The third kappa shape index (κ3) is 3.90. The summed E-state index contributed by atoms with van der Waals surface area (Å²) in [6, 6.07) is 10.9. The molecule has 31 heavy (non-hydrogen) atoms. The largest absolute Gasteiger partial charge is 0.497 e. The number of thioether (sulfide) groups is 1. The zero-order valence-corrected chi connectivity index (χ0v) is 19.3. The van der Waals surface area contributed by atoms with E-state index in [1.54, 1.807) is 49.2 Å². The van der Waals surface area contributed by atoms with Gasteiger partial charge in [0.05, 0.1) is 13.0 Å². The molecule has 2 heterocycles. The fraction of sp³-hybridized carbons (Fsp3) is 0.391. The lowest BCUT2D eigenvalue weighted by atomic mass is 9.79. The molecule has 2 amide bonds. The third-order valence-corrected chi connectivity index (χ3v) is 7.00. The van der Waals surface area contributed by atoms with E-state index in [1.165, 1.54) is 0 Å². The molecule has 2 aliphatic rings. The first-order valence-corrected chi connectivity index (χ1v) is 12.0. The summed E-state index contributed by atoms with van der Waals surface area (Å²) in [6.07, 6.45) is 3.50. The first kappa shape index (κ1) is 22.0. The topological polar surface area (TPSA) is 79.5 Å². The van der Waals surface area contributed by atoms with Crippen molar-refractivity contribution >= 4 is 46.6 Å². The molecule has 0 aromatic heterocycles. The summed E-state index contributed by atoms with van der Waals surface area (Å²) in [5, 5.41) is 10.1. The summed E-state index contributed by atoms with van der Waals surface area (Å²) >= 11 is 8.11. The van der Waals surface area contributed by atoms with Crippen LogP contribution in [0.4, 0.5) is 11.4 Å². The minimum Gasteiger partial charge on any atom is -0.497 e. The molecule has 2 aromatic rings. The van der Waals surface area contributed by atoms with Gasteiger partial charge in [0.1, 0.15) is 11.3 Å². The van der Waals surface area contributed by atoms with E-state index in [1.807, 2.05) is 13.0 Å². The van der Waals surface area contributed by atoms with Crippen molar-refractivity contribution in [2.45, 2.75) is 31.3 Å². The van der Waals surface area contributed by atoms with Crippen LogP contribution in [-0.2, 0) is 15.1 Å². The summed E-state index contributed by atoms with van der Waals surface area (Å²) in [5.74, 6) is 0.701. The summed E-state index contributed by atoms with van der Waals surface area (Å²) in [4.78, 5) is 26.8. The fourth-order valence-electron chi connectivity index (χ4n) is 4.64. The Balaban J connectivity index is 1.71. The number of benzene rings is 2. The van der Waals surface area contributed by atoms with Crippen molar-refractivity contribution in [1.82, 2.24) is 5.32 Å². The van der Waals surface area contributed by atoms with Gasteiger partial charge in [-0.05, 0) is 73.7 Å². The maximum absolute atomic E-state index is 13.5. The number of hydrogen-bond acceptors (Lipinski definition) is 5. The number of carbonyl (C=O) groups excluding carboxylic acids is 2. The van der Waals surface area contributed by atoms with Crippen LogP contribution in [0.1, 0.15) is 24.0 Å². The van der Waals surface area contributed by atoms with E-state index in [-0.39, 0.29) is 17.9 Å². The zero-order chi connectivity index (χ0) is 22.2. The second kappa shape index (κ2) is 8.73. The molecule has 3 unspecified atom stereocenters. The number of nitrogens with one attached hydrogen (secondary N) is 3. The minimum atomic E-state index is -1.13. The van der Waals surface area contributed by atoms with Crippen LogP contribution in [0.2, 0.25) is 5.02 Å². The average Bonchev–Trinajstić information content (AvgIpc) is 3.27. The van der Waals surface area contributed by atoms with Crippen molar-refractivity contribution in [1.29, 1.82) is 0 Å². The molecule has 2 aromatic carbocycles. The molecule has 164 valence electrons. The van der Waals surface area contributed by atoms with Crippen LogP contribution in [0.25, 0.3) is 0 Å². The van der Waals surface area contributed by atoms with E-state index in [2.05, 4.69) is 22.2 Å². The maximum Gasteiger partial charge on any atom is 0.250 e. The first-order valence-electron chi connectivity index (χ1n) is 10.2. The number of fused-ring (bicyclic) bond motifs is 2. The van der Waals surface area contributed by atoms with Gasteiger partial charge in [-0.2, -0.15) is 11.8 Å². The molecular formula is C23H26ClN3O3S. The van der Waals surface area contributed by atoms with Crippen molar-refractivity contribution in [2.24, 2.45) is 5.92 Å². The Bertz CT molecular complexity index is 1010. The molecule has 1 fully saturated rings. The van der Waals surface area contributed by atoms with Crippen LogP contribution >= 0.6 is 23.4 Å². The van der Waals surface area contributed by atoms with E-state index >= 15 is 0 Å². The van der Waals surface area contributed by atoms with Crippen molar-refractivity contribution in [3.63, 3.8) is 0 Å². The van der Waals surface area contributed by atoms with E-state index < -0.39 is 11.5 Å². The highest BCUT2D eigenvalue weighted by Gasteiger charge is 2.60. The van der Waals surface area contributed by atoms with Gasteiger partial charge >= 0.3 is 0 Å². The Hall–Kier alpha value is -2.22. The van der Waals surface area contributed by atoms with Gasteiger partial charge in [-0.25, -0.2) is 0 Å². The molecule has 3 N–H and O–H groups in total. The second-order valence-electron chi connectivity index (χ2n) is 8.04. The lowest BCUT2D eigenvalue weighted by molar-refractivity contribution is -0.130. The highest BCUT2D eigenvalue weighted by atomic mass is 35.5. The molecule has 0 radical (unpaired) electrons. The van der Waals surface area contributed by atoms with Crippen molar-refractivity contribution in [3.8, 4) is 5.75 Å². The van der Waals surface area contributed by atoms with Crippen molar-refractivity contribution < 1.29 is 14.3 Å². The van der Waals surface area contributed by atoms with Crippen molar-refractivity contribution in [3.05, 3.63) is 52.5 Å². The van der Waals surface area contributed by atoms with Crippen molar-refractivity contribution in [2.75, 3.05) is 29.8 Å². The summed E-state index contributed by atoms with van der Waals surface area (Å²) in [7, 11) is 1.60. The third-order valence-electron chi connectivity index (χ3n) is 6.14. The monoisotopic (exact) mass is 459 g/mol. The molecule has 0 aliphatic carbocycles. The highest BCUT2D eigenvalue weighted by molar-refractivity contribution is 7.98. The number of anilines is 2. The molecule has 6 nitrogen and oxygen atoms in total. The maximum atomic E-state index is 13.5. The smallest absolute Gasteiger partial charge is 0.250 e. The molecule has 4 rings (SSSR count). The number of halogens is 1. The number of aryl methyl sites for hydroxylation is 1. The number of methoxy groups -OCH3 is 1. The molecule has 0 saturated carbocycles. The van der Waals surface area contributed by atoms with Gasteiger partial charge in [-0.1, -0.05) is 11.6 Å². The predicted octanol–water partition coefficient (Wildman–Crippen LogP) is 4.17. The molecule has 3 atom stereocenters. The van der Waals surface area contributed by atoms with Crippen LogP contribution in [0, 0.1) is 12.8 Å². The summed E-state index contributed by atoms with van der Waals surface area (Å²) < 4.78 is 5.19. The Kier molecular flexibility index (Phi) is 6.19. The van der Waals surface area contributed by atoms with Crippen LogP contribution in [0.5, 0.6) is 5.75 Å². The molecule has 1 saturated heterocycles. The van der Waals surface area contributed by atoms with E-state index in [0.29, 0.717) is 22.9 Å². The van der Waals surface area contributed by atoms with E-state index in [4.69, 9.17) is 16.3 Å². The quantitative estimate of drug-likeness (QED) is 0.604. The number of ether oxygens (including phenoxy) is 1. The van der Waals surface area contributed by atoms with Gasteiger partial charge in [0.15, 0.2) is 0 Å². The highest BCUT2D eigenvalue weighted by Crippen LogP contribution is 2.49. The van der Waals surface area contributed by atoms with Gasteiger partial charge in [-0.15, -0.1) is 0 Å². The van der Waals surface area contributed by atoms with Crippen LogP contribution in [0.15, 0.2) is 36.4 Å². The standard InChI is InChI=1S/C23H26ClN3O3S/c1-13-10-14(24)11-18-20(13)26-22(29)23(18)19(12-16(27-23)8-9-31-3)21(28)25-15-4-6-17(30-2)7-5-15/h4-7,10-11,16,19,27H,8-9,12H2,1-3H3,(H,25,28)(H,26,29). The average molecular weight is 460 g/mol. The van der Waals surface area contributed by atoms with E-state index in [9.17, 15) is 9.59 Å². The van der Waals surface area contributed by atoms with Gasteiger partial charge in [0.2, 0.25) is 11.8 Å². The normalized spacial score (nSPS) is 24.2. The van der Waals surface area contributed by atoms with E-state index in [0.717, 1.165) is 29.0 Å². The molecule has 2 aliphatic heterocycles. The Morgan fingerprint density at radius 3 is 2.74 bits per heavy atom. The molecule has 0 bridgehead atoms. The van der Waals surface area contributed by atoms with Gasteiger partial charge in [0, 0.05) is 28.0 Å². The Morgan fingerprint density at radius 2 is 2.06 bits per heavy atom. The number of carbonyl (C=O) groups is 2. The summed E-state index contributed by atoms with van der Waals surface area (Å²) in [6.45, 7) is 1.91. The molecular weight excluding hydrogens is 434 g/mol. The summed E-state index contributed by atoms with van der Waals surface area (Å²) in [5.41, 5.74) is 1.91. The second-order valence-corrected chi connectivity index (χ2v) is 9.46. The minimum absolute atomic E-state index is 0.0510. The van der Waals surface area contributed by atoms with Crippen LogP contribution in [-0.4, -0.2) is 37.0 Å². The Labute approximate surface area is 191 Å². The van der Waals surface area contributed by atoms with Gasteiger partial charge in [0.25, 0.3) is 0 Å². The van der Waals surface area contributed by atoms with Gasteiger partial charge < -0.3 is 15.4 Å². The number of hydrogen-bond donors (Lipinski definition) is 3. The Morgan fingerprint density at radius 1 is 1.32 bits per heavy atom. The number of rotatable bonds is 6. The predicted molar refractivity (Wildman–Crippen MR) is 126 cm³/mol. The van der Waals surface area contributed by atoms with Gasteiger partial charge in [-0.3, -0.25) is 14.9 Å². The zero-order valence-electron chi connectivity index (χ0n) is 17.8. The SMILES string of the molecule is COc1ccc(NC(=O)C2CC(CCSC)NC23C(=O)Nc2c(C)cc(Cl)cc23)cc1.